The Bertz CT molecular complexity index is 294. The highest BCUT2D eigenvalue weighted by molar-refractivity contribution is 5.67. The number of nitrogens with one attached hydrogen (secondary N) is 2. The Balaban J connectivity index is 2.17. The van der Waals surface area contributed by atoms with Gasteiger partial charge in [0.25, 0.3) is 0 Å². The first-order chi connectivity index (χ1) is 9.30. The van der Waals surface area contributed by atoms with Crippen molar-refractivity contribution in [1.82, 2.24) is 10.6 Å². The predicted octanol–water partition coefficient (Wildman–Crippen LogP) is 2.45. The Morgan fingerprint density at radius 1 is 1.25 bits per heavy atom. The Labute approximate surface area is 122 Å². The molecule has 5 heteroatoms. The number of hydrogen-bond acceptors (Lipinski definition) is 4. The van der Waals surface area contributed by atoms with Crippen LogP contribution in [-0.4, -0.2) is 43.5 Å². The van der Waals surface area contributed by atoms with E-state index in [1.165, 1.54) is 0 Å². The van der Waals surface area contributed by atoms with Gasteiger partial charge in [0.05, 0.1) is 6.10 Å². The van der Waals surface area contributed by atoms with Gasteiger partial charge in [0.15, 0.2) is 0 Å². The highest BCUT2D eigenvalue weighted by Crippen LogP contribution is 2.20. The summed E-state index contributed by atoms with van der Waals surface area (Å²) in [4.78, 5) is 11.6. The lowest BCUT2D eigenvalue weighted by Crippen LogP contribution is -2.46. The molecular formula is C15H30N2O3. The minimum absolute atomic E-state index is 0.242. The molecule has 0 aliphatic heterocycles. The van der Waals surface area contributed by atoms with E-state index in [2.05, 4.69) is 17.6 Å². The van der Waals surface area contributed by atoms with Crippen LogP contribution in [0.5, 0.6) is 0 Å². The molecule has 5 nitrogen and oxygen atoms in total. The van der Waals surface area contributed by atoms with Crippen LogP contribution in [0.1, 0.15) is 53.4 Å². The summed E-state index contributed by atoms with van der Waals surface area (Å²) < 4.78 is 10.6. The molecule has 1 saturated carbocycles. The van der Waals surface area contributed by atoms with Crippen LogP contribution in [0.15, 0.2) is 0 Å². The molecule has 0 saturated heterocycles. The molecule has 20 heavy (non-hydrogen) atoms. The summed E-state index contributed by atoms with van der Waals surface area (Å²) in [5.74, 6) is 0. The van der Waals surface area contributed by atoms with Crippen molar-refractivity contribution in [3.05, 3.63) is 0 Å². The van der Waals surface area contributed by atoms with E-state index < -0.39 is 5.60 Å². The fourth-order valence-electron chi connectivity index (χ4n) is 2.48. The first-order valence-electron chi connectivity index (χ1n) is 7.56. The van der Waals surface area contributed by atoms with E-state index in [-0.39, 0.29) is 12.1 Å². The number of methoxy groups -OCH3 is 1. The zero-order valence-electron chi connectivity index (χ0n) is 13.5. The molecule has 2 N–H and O–H groups in total. The van der Waals surface area contributed by atoms with Crippen molar-refractivity contribution in [3.63, 3.8) is 0 Å². The van der Waals surface area contributed by atoms with Crippen molar-refractivity contribution >= 4 is 6.09 Å². The number of amides is 1. The third-order valence-electron chi connectivity index (χ3n) is 3.48. The quantitative estimate of drug-likeness (QED) is 0.815. The van der Waals surface area contributed by atoms with Gasteiger partial charge < -0.3 is 20.1 Å². The normalized spacial score (nSPS) is 25.1. The molecule has 1 aliphatic carbocycles. The topological polar surface area (TPSA) is 59.6 Å². The van der Waals surface area contributed by atoms with Gasteiger partial charge in [-0.25, -0.2) is 4.79 Å². The van der Waals surface area contributed by atoms with E-state index in [4.69, 9.17) is 9.47 Å². The molecule has 1 fully saturated rings. The number of carbonyl (C=O) groups excluding carboxylic acids is 1. The molecule has 0 spiro atoms. The van der Waals surface area contributed by atoms with Crippen molar-refractivity contribution in [2.24, 2.45) is 0 Å². The summed E-state index contributed by atoms with van der Waals surface area (Å²) in [6.45, 7) is 8.26. The summed E-state index contributed by atoms with van der Waals surface area (Å²) in [5.41, 5.74) is -0.445. The highest BCUT2D eigenvalue weighted by atomic mass is 16.6. The van der Waals surface area contributed by atoms with Crippen LogP contribution in [0.3, 0.4) is 0 Å². The summed E-state index contributed by atoms with van der Waals surface area (Å²) in [7, 11) is 1.78. The van der Waals surface area contributed by atoms with Crippen LogP contribution < -0.4 is 10.6 Å². The first-order valence-corrected chi connectivity index (χ1v) is 7.56. The summed E-state index contributed by atoms with van der Waals surface area (Å²) >= 11 is 0. The number of alkyl carbamates (subject to hydrolysis) is 1. The molecule has 0 aromatic heterocycles. The average molecular weight is 286 g/mol. The van der Waals surface area contributed by atoms with Crippen molar-refractivity contribution in [1.29, 1.82) is 0 Å². The fraction of sp³-hybridized carbons (Fsp3) is 0.933. The highest BCUT2D eigenvalue weighted by Gasteiger charge is 2.22. The lowest BCUT2D eigenvalue weighted by molar-refractivity contribution is 0.0516. The third kappa shape index (κ3) is 7.10. The number of ether oxygens (including phenoxy) is 2. The second kappa shape index (κ2) is 7.84. The zero-order chi connectivity index (χ0) is 15.2. The predicted molar refractivity (Wildman–Crippen MR) is 79.9 cm³/mol. The monoisotopic (exact) mass is 286 g/mol. The van der Waals surface area contributed by atoms with Gasteiger partial charge in [0.1, 0.15) is 5.60 Å². The maximum atomic E-state index is 11.6. The molecule has 1 rings (SSSR count). The van der Waals surface area contributed by atoms with Crippen molar-refractivity contribution < 1.29 is 14.3 Å². The Hall–Kier alpha value is -0.810. The van der Waals surface area contributed by atoms with Crippen LogP contribution in [0.4, 0.5) is 4.79 Å². The molecule has 1 amide bonds. The average Bonchev–Trinajstić information content (AvgIpc) is 2.35. The van der Waals surface area contributed by atoms with E-state index in [0.717, 1.165) is 25.7 Å². The van der Waals surface area contributed by atoms with E-state index in [1.54, 1.807) is 7.11 Å². The minimum atomic E-state index is -0.445. The van der Waals surface area contributed by atoms with E-state index >= 15 is 0 Å². The Kier molecular flexibility index (Phi) is 6.76. The lowest BCUT2D eigenvalue weighted by atomic mass is 9.92. The number of carbonyl (C=O) groups is 1. The molecule has 1 unspecified atom stereocenters. The lowest BCUT2D eigenvalue weighted by Gasteiger charge is -2.30. The summed E-state index contributed by atoms with van der Waals surface area (Å²) in [5, 5.41) is 6.36. The van der Waals surface area contributed by atoms with Crippen LogP contribution >= 0.6 is 0 Å². The minimum Gasteiger partial charge on any atom is -0.444 e. The molecule has 1 atom stereocenters. The first kappa shape index (κ1) is 17.2. The second-order valence-corrected chi connectivity index (χ2v) is 6.66. The van der Waals surface area contributed by atoms with Crippen molar-refractivity contribution in [3.8, 4) is 0 Å². The van der Waals surface area contributed by atoms with Crippen molar-refractivity contribution in [2.45, 2.75) is 77.2 Å². The SMILES string of the molecule is COC1CCC(NC(C)CNC(=O)OC(C)(C)C)CC1. The van der Waals surface area contributed by atoms with E-state index in [1.807, 2.05) is 20.8 Å². The fourth-order valence-corrected chi connectivity index (χ4v) is 2.48. The molecule has 0 heterocycles. The van der Waals surface area contributed by atoms with E-state index in [0.29, 0.717) is 18.7 Å². The number of rotatable bonds is 5. The van der Waals surface area contributed by atoms with E-state index in [9.17, 15) is 4.79 Å². The third-order valence-corrected chi connectivity index (χ3v) is 3.48. The maximum absolute atomic E-state index is 11.6. The number of hydrogen-bond donors (Lipinski definition) is 2. The second-order valence-electron chi connectivity index (χ2n) is 6.66. The summed E-state index contributed by atoms with van der Waals surface area (Å²) in [6.07, 6.45) is 4.56. The van der Waals surface area contributed by atoms with Crippen LogP contribution in [-0.2, 0) is 9.47 Å². The van der Waals surface area contributed by atoms with Gasteiger partial charge in [-0.3, -0.25) is 0 Å². The standard InChI is InChI=1S/C15H30N2O3/c1-11(10-16-14(18)20-15(2,3)4)17-12-6-8-13(19-5)9-7-12/h11-13,17H,6-10H2,1-5H3,(H,16,18). The molecule has 0 bridgehead atoms. The molecular weight excluding hydrogens is 256 g/mol. The Morgan fingerprint density at radius 3 is 2.35 bits per heavy atom. The summed E-state index contributed by atoms with van der Waals surface area (Å²) in [6, 6.07) is 0.767. The zero-order valence-corrected chi connectivity index (χ0v) is 13.5. The molecule has 0 radical (unpaired) electrons. The smallest absolute Gasteiger partial charge is 0.407 e. The van der Waals surface area contributed by atoms with Crippen LogP contribution in [0.2, 0.25) is 0 Å². The Morgan fingerprint density at radius 2 is 1.85 bits per heavy atom. The van der Waals surface area contributed by atoms with Crippen LogP contribution in [0, 0.1) is 0 Å². The van der Waals surface area contributed by atoms with Gasteiger partial charge >= 0.3 is 6.09 Å². The maximum Gasteiger partial charge on any atom is 0.407 e. The van der Waals surface area contributed by atoms with Crippen molar-refractivity contribution in [2.75, 3.05) is 13.7 Å². The van der Waals surface area contributed by atoms with Crippen LogP contribution in [0.25, 0.3) is 0 Å². The van der Waals surface area contributed by atoms with Gasteiger partial charge in [0, 0.05) is 25.7 Å². The van der Waals surface area contributed by atoms with Gasteiger partial charge in [-0.1, -0.05) is 0 Å². The molecule has 118 valence electrons. The van der Waals surface area contributed by atoms with Gasteiger partial charge in [-0.15, -0.1) is 0 Å². The van der Waals surface area contributed by atoms with Gasteiger partial charge in [-0.05, 0) is 53.4 Å². The largest absolute Gasteiger partial charge is 0.444 e. The van der Waals surface area contributed by atoms with Gasteiger partial charge in [0.2, 0.25) is 0 Å². The molecule has 1 aliphatic rings. The molecule has 0 aromatic carbocycles. The molecule has 0 aromatic rings. The van der Waals surface area contributed by atoms with Gasteiger partial charge in [-0.2, -0.15) is 0 Å².